The van der Waals surface area contributed by atoms with E-state index in [0.29, 0.717) is 13.1 Å². The minimum Gasteiger partial charge on any atom is -0.461 e. The normalized spacial score (nSPS) is 27.8. The Morgan fingerprint density at radius 3 is 2.44 bits per heavy atom. The second-order valence-electron chi connectivity index (χ2n) is 6.29. The van der Waals surface area contributed by atoms with E-state index in [9.17, 15) is 22.8 Å². The lowest BCUT2D eigenvalue weighted by molar-refractivity contribution is -0.161. The van der Waals surface area contributed by atoms with Crippen molar-refractivity contribution in [3.63, 3.8) is 0 Å². The zero-order chi connectivity index (χ0) is 18.4. The molecule has 0 aliphatic carbocycles. The second-order valence-corrected chi connectivity index (χ2v) is 8.39. The van der Waals surface area contributed by atoms with Gasteiger partial charge in [-0.05, 0) is 12.8 Å². The van der Waals surface area contributed by atoms with Crippen molar-refractivity contribution in [2.24, 2.45) is 0 Å². The van der Waals surface area contributed by atoms with Gasteiger partial charge in [0.25, 0.3) is 11.8 Å². The Morgan fingerprint density at radius 2 is 1.88 bits per heavy atom. The molecule has 2 amide bonds. The predicted molar refractivity (Wildman–Crippen MR) is 84.7 cm³/mol. The van der Waals surface area contributed by atoms with Crippen molar-refractivity contribution < 1.29 is 32.3 Å². The summed E-state index contributed by atoms with van der Waals surface area (Å²) in [6.45, 7) is 1.96. The van der Waals surface area contributed by atoms with Crippen LogP contribution in [0, 0.1) is 0 Å². The third-order valence-corrected chi connectivity index (χ3v) is 6.56. The van der Waals surface area contributed by atoms with E-state index in [4.69, 9.17) is 9.47 Å². The Morgan fingerprint density at radius 1 is 1.24 bits per heavy atom. The molecular formula is C15H20N2O7S. The number of likely N-dealkylation sites (tertiary alicyclic amines) is 1. The lowest BCUT2D eigenvalue weighted by Gasteiger charge is -2.49. The molecule has 10 heteroatoms. The number of nitrogens with zero attached hydrogens (tertiary/aromatic N) is 2. The highest BCUT2D eigenvalue weighted by Crippen LogP contribution is 2.38. The molecule has 2 saturated heterocycles. The first-order valence-electron chi connectivity index (χ1n) is 8.00. The van der Waals surface area contributed by atoms with Gasteiger partial charge in [-0.2, -0.15) is 0 Å². The molecule has 0 aromatic rings. The standard InChI is InChI=1S/C15H20N2O7S/c1-9(18)24-7-10-8-25(21,22)15-12(23-2)14(20)17(15)11(10)13(19)16-5-3-4-6-16/h12,15H,3-8H2,1-2H3/t12-,15+/m0/s1. The number of fused-ring (bicyclic) bond motifs is 1. The molecule has 3 aliphatic heterocycles. The molecule has 2 fully saturated rings. The Labute approximate surface area is 145 Å². The van der Waals surface area contributed by atoms with Crippen molar-refractivity contribution in [1.82, 2.24) is 9.80 Å². The van der Waals surface area contributed by atoms with Gasteiger partial charge in [-0.3, -0.25) is 19.3 Å². The van der Waals surface area contributed by atoms with E-state index in [2.05, 4.69) is 0 Å². The summed E-state index contributed by atoms with van der Waals surface area (Å²) < 4.78 is 35.0. The van der Waals surface area contributed by atoms with E-state index in [-0.39, 0.29) is 17.9 Å². The Bertz CT molecular complexity index is 752. The molecule has 9 nitrogen and oxygen atoms in total. The molecule has 3 aliphatic rings. The number of carbonyl (C=O) groups is 3. The van der Waals surface area contributed by atoms with Crippen molar-refractivity contribution in [3.05, 3.63) is 11.3 Å². The third-order valence-electron chi connectivity index (χ3n) is 4.61. The molecule has 0 unspecified atom stereocenters. The van der Waals surface area contributed by atoms with Crippen LogP contribution in [0.15, 0.2) is 11.3 Å². The van der Waals surface area contributed by atoms with Crippen LogP contribution in [0.2, 0.25) is 0 Å². The van der Waals surface area contributed by atoms with Gasteiger partial charge >= 0.3 is 5.97 Å². The monoisotopic (exact) mass is 372 g/mol. The van der Waals surface area contributed by atoms with Crippen LogP contribution < -0.4 is 0 Å². The molecule has 0 N–H and O–H groups in total. The molecule has 138 valence electrons. The summed E-state index contributed by atoms with van der Waals surface area (Å²) >= 11 is 0. The third kappa shape index (κ3) is 2.93. The van der Waals surface area contributed by atoms with Crippen molar-refractivity contribution in [3.8, 4) is 0 Å². The van der Waals surface area contributed by atoms with Crippen LogP contribution in [0.25, 0.3) is 0 Å². The average Bonchev–Trinajstić information content (AvgIpc) is 3.07. The van der Waals surface area contributed by atoms with Gasteiger partial charge in [-0.15, -0.1) is 0 Å². The molecular weight excluding hydrogens is 352 g/mol. The molecule has 0 aromatic carbocycles. The van der Waals surface area contributed by atoms with E-state index in [1.54, 1.807) is 4.90 Å². The predicted octanol–water partition coefficient (Wildman–Crippen LogP) is -0.962. The number of methoxy groups -OCH3 is 1. The number of sulfone groups is 1. The quantitative estimate of drug-likeness (QED) is 0.461. The summed E-state index contributed by atoms with van der Waals surface area (Å²) in [6.07, 6.45) is 0.602. The summed E-state index contributed by atoms with van der Waals surface area (Å²) in [6, 6.07) is 0. The van der Waals surface area contributed by atoms with E-state index < -0.39 is 44.9 Å². The molecule has 3 heterocycles. The van der Waals surface area contributed by atoms with Gasteiger partial charge in [0.05, 0.1) is 5.75 Å². The summed E-state index contributed by atoms with van der Waals surface area (Å²) in [4.78, 5) is 38.9. The largest absolute Gasteiger partial charge is 0.461 e. The maximum atomic E-state index is 12.9. The van der Waals surface area contributed by atoms with Gasteiger partial charge < -0.3 is 14.4 Å². The Hall–Kier alpha value is -1.94. The van der Waals surface area contributed by atoms with Crippen molar-refractivity contribution in [1.29, 1.82) is 0 Å². The summed E-state index contributed by atoms with van der Waals surface area (Å²) in [7, 11) is -2.49. The topological polar surface area (TPSA) is 110 Å². The lowest BCUT2D eigenvalue weighted by atomic mass is 10.0. The molecule has 3 rings (SSSR count). The van der Waals surface area contributed by atoms with Gasteiger partial charge in [-0.25, -0.2) is 8.42 Å². The van der Waals surface area contributed by atoms with Crippen LogP contribution in [0.3, 0.4) is 0 Å². The fourth-order valence-electron chi connectivity index (χ4n) is 3.43. The summed E-state index contributed by atoms with van der Waals surface area (Å²) in [5, 5.41) is -1.20. The SMILES string of the molecule is CO[C@H]1C(=O)N2C(C(=O)N3CCCC3)=C(COC(C)=O)CS(=O)(=O)[C@H]12. The van der Waals surface area contributed by atoms with Crippen molar-refractivity contribution in [2.45, 2.75) is 31.2 Å². The highest BCUT2D eigenvalue weighted by atomic mass is 32.2. The average molecular weight is 372 g/mol. The number of rotatable bonds is 4. The highest BCUT2D eigenvalue weighted by molar-refractivity contribution is 7.92. The fourth-order valence-corrected chi connectivity index (χ4v) is 5.44. The van der Waals surface area contributed by atoms with Crippen LogP contribution in [-0.4, -0.2) is 80.0 Å². The molecule has 0 spiro atoms. The summed E-state index contributed by atoms with van der Waals surface area (Å²) in [5.74, 6) is -2.01. The molecule has 0 radical (unpaired) electrons. The number of amides is 2. The number of esters is 1. The van der Waals surface area contributed by atoms with Gasteiger partial charge in [-0.1, -0.05) is 0 Å². The smallest absolute Gasteiger partial charge is 0.302 e. The number of ether oxygens (including phenoxy) is 2. The van der Waals surface area contributed by atoms with Gasteiger partial charge in [0.1, 0.15) is 12.3 Å². The zero-order valence-corrected chi connectivity index (χ0v) is 14.9. The maximum Gasteiger partial charge on any atom is 0.302 e. The molecule has 2 atom stereocenters. The van der Waals surface area contributed by atoms with Crippen molar-refractivity contribution >= 4 is 27.6 Å². The number of hydrogen-bond acceptors (Lipinski definition) is 7. The molecule has 0 saturated carbocycles. The first-order chi connectivity index (χ1) is 11.8. The second kappa shape index (κ2) is 6.41. The fraction of sp³-hybridized carbons (Fsp3) is 0.667. The molecule has 0 bridgehead atoms. The van der Waals surface area contributed by atoms with Crippen LogP contribution in [0.4, 0.5) is 0 Å². The Kier molecular flexibility index (Phi) is 4.58. The van der Waals surface area contributed by atoms with E-state index in [1.807, 2.05) is 0 Å². The van der Waals surface area contributed by atoms with Gasteiger partial charge in [0, 0.05) is 32.7 Å². The van der Waals surface area contributed by atoms with E-state index in [1.165, 1.54) is 14.0 Å². The minimum absolute atomic E-state index is 0.0151. The number of β-lactam (4-membered cyclic amide) rings is 1. The lowest BCUT2D eigenvalue weighted by Crippen LogP contribution is -2.71. The minimum atomic E-state index is -3.74. The van der Waals surface area contributed by atoms with Crippen LogP contribution in [0.1, 0.15) is 19.8 Å². The highest BCUT2D eigenvalue weighted by Gasteiger charge is 2.60. The van der Waals surface area contributed by atoms with Crippen LogP contribution in [0.5, 0.6) is 0 Å². The molecule has 0 aromatic heterocycles. The van der Waals surface area contributed by atoms with Crippen LogP contribution in [-0.2, 0) is 33.7 Å². The molecule has 25 heavy (non-hydrogen) atoms. The van der Waals surface area contributed by atoms with E-state index in [0.717, 1.165) is 17.7 Å². The summed E-state index contributed by atoms with van der Waals surface area (Å²) in [5.41, 5.74) is 0.146. The van der Waals surface area contributed by atoms with Gasteiger partial charge in [0.2, 0.25) is 0 Å². The zero-order valence-electron chi connectivity index (χ0n) is 14.1. The van der Waals surface area contributed by atoms with Crippen LogP contribution >= 0.6 is 0 Å². The number of hydrogen-bond donors (Lipinski definition) is 0. The van der Waals surface area contributed by atoms with Gasteiger partial charge in [0.15, 0.2) is 21.3 Å². The van der Waals surface area contributed by atoms with E-state index >= 15 is 0 Å². The first kappa shape index (κ1) is 17.9. The maximum absolute atomic E-state index is 12.9. The Balaban J connectivity index is 2.02. The number of carbonyl (C=O) groups excluding carboxylic acids is 3. The first-order valence-corrected chi connectivity index (χ1v) is 9.71. The van der Waals surface area contributed by atoms with Crippen molar-refractivity contribution in [2.75, 3.05) is 32.6 Å².